The molecule has 134 valence electrons. The van der Waals surface area contributed by atoms with Crippen LogP contribution in [0.2, 0.25) is 0 Å². The van der Waals surface area contributed by atoms with E-state index in [1.165, 1.54) is 39.0 Å². The Balaban J connectivity index is 1.68. The van der Waals surface area contributed by atoms with Gasteiger partial charge in [-0.05, 0) is 41.4 Å². The summed E-state index contributed by atoms with van der Waals surface area (Å²) in [7, 11) is 0. The minimum absolute atomic E-state index is 0.0402. The Morgan fingerprint density at radius 1 is 0.586 bits per heavy atom. The van der Waals surface area contributed by atoms with Crippen LogP contribution in [0.15, 0.2) is 97.1 Å². The van der Waals surface area contributed by atoms with E-state index >= 15 is 0 Å². The lowest BCUT2D eigenvalue weighted by atomic mass is 9.58. The van der Waals surface area contributed by atoms with E-state index < -0.39 is 0 Å². The quantitative estimate of drug-likeness (QED) is 0.355. The van der Waals surface area contributed by atoms with Gasteiger partial charge in [-0.3, -0.25) is 0 Å². The number of para-hydroxylation sites is 4. The first-order valence-electron chi connectivity index (χ1n) is 9.96. The molecule has 29 heavy (non-hydrogen) atoms. The number of aromatic nitrogens is 2. The molecule has 0 aliphatic carbocycles. The molecule has 3 nitrogen and oxygen atoms in total. The number of hydrogen-bond acceptors (Lipinski definition) is 2. The molecular formula is C25H16BN3. The lowest BCUT2D eigenvalue weighted by Crippen LogP contribution is -2.56. The van der Waals surface area contributed by atoms with Gasteiger partial charge in [0.05, 0.1) is 11.0 Å². The largest absolute Gasteiger partial charge is 0.422 e. The van der Waals surface area contributed by atoms with E-state index in [1.54, 1.807) is 0 Å². The fourth-order valence-electron chi connectivity index (χ4n) is 5.02. The van der Waals surface area contributed by atoms with Crippen LogP contribution in [0.3, 0.4) is 0 Å². The van der Waals surface area contributed by atoms with Crippen LogP contribution in [0.5, 0.6) is 0 Å². The van der Waals surface area contributed by atoms with Crippen molar-refractivity contribution in [3.05, 3.63) is 97.1 Å². The average molecular weight is 369 g/mol. The van der Waals surface area contributed by atoms with Gasteiger partial charge in [0, 0.05) is 22.5 Å². The monoisotopic (exact) mass is 369 g/mol. The first-order valence-corrected chi connectivity index (χ1v) is 9.96. The minimum atomic E-state index is 0.0402. The number of hydrogen-bond donors (Lipinski definition) is 0. The SMILES string of the molecule is c1ccc2c(c1)B1N(c3ccccc3-2)c2ccccc2-c2nc3ccccc3n21. The summed E-state index contributed by atoms with van der Waals surface area (Å²) >= 11 is 0. The third-order valence-corrected chi connectivity index (χ3v) is 6.18. The Labute approximate surface area is 169 Å². The van der Waals surface area contributed by atoms with Crippen molar-refractivity contribution in [1.29, 1.82) is 0 Å². The highest BCUT2D eigenvalue weighted by atomic mass is 15.2. The van der Waals surface area contributed by atoms with E-state index in [0.29, 0.717) is 0 Å². The van der Waals surface area contributed by atoms with Gasteiger partial charge in [0.25, 0.3) is 0 Å². The van der Waals surface area contributed by atoms with Crippen LogP contribution in [-0.4, -0.2) is 16.4 Å². The molecule has 3 heterocycles. The highest BCUT2D eigenvalue weighted by Gasteiger charge is 2.43. The third-order valence-electron chi connectivity index (χ3n) is 6.18. The topological polar surface area (TPSA) is 21.1 Å². The van der Waals surface area contributed by atoms with Gasteiger partial charge in [-0.15, -0.1) is 0 Å². The van der Waals surface area contributed by atoms with E-state index in [9.17, 15) is 0 Å². The van der Waals surface area contributed by atoms with Gasteiger partial charge in [-0.1, -0.05) is 66.7 Å². The summed E-state index contributed by atoms with van der Waals surface area (Å²) in [5.74, 6) is 1.04. The zero-order chi connectivity index (χ0) is 18.9. The van der Waals surface area contributed by atoms with E-state index in [-0.39, 0.29) is 6.98 Å². The minimum Gasteiger partial charge on any atom is -0.360 e. The fourth-order valence-corrected chi connectivity index (χ4v) is 5.02. The van der Waals surface area contributed by atoms with Crippen LogP contribution in [0, 0.1) is 0 Å². The average Bonchev–Trinajstić information content (AvgIpc) is 3.19. The predicted octanol–water partition coefficient (Wildman–Crippen LogP) is 5.08. The van der Waals surface area contributed by atoms with E-state index in [4.69, 9.17) is 4.98 Å². The van der Waals surface area contributed by atoms with Gasteiger partial charge < -0.3 is 9.29 Å². The highest BCUT2D eigenvalue weighted by Crippen LogP contribution is 2.46. The first kappa shape index (κ1) is 15.2. The summed E-state index contributed by atoms with van der Waals surface area (Å²) in [5, 5.41) is 0. The third kappa shape index (κ3) is 1.86. The molecule has 0 saturated carbocycles. The van der Waals surface area contributed by atoms with Gasteiger partial charge in [0.2, 0.25) is 0 Å². The molecule has 0 bridgehead atoms. The summed E-state index contributed by atoms with van der Waals surface area (Å²) < 4.78 is 2.41. The first-order chi connectivity index (χ1) is 14.4. The van der Waals surface area contributed by atoms with Gasteiger partial charge in [-0.2, -0.15) is 0 Å². The molecule has 0 amide bonds. The van der Waals surface area contributed by atoms with Crippen LogP contribution in [-0.2, 0) is 0 Å². The fraction of sp³-hybridized carbons (Fsp3) is 0. The second kappa shape index (κ2) is 5.39. The molecule has 4 aromatic carbocycles. The number of rotatable bonds is 0. The Bertz CT molecular complexity index is 1440. The van der Waals surface area contributed by atoms with Crippen molar-refractivity contribution in [3.8, 4) is 22.5 Å². The summed E-state index contributed by atoms with van der Waals surface area (Å²) in [4.78, 5) is 7.53. The molecule has 2 aliphatic rings. The van der Waals surface area contributed by atoms with Crippen molar-refractivity contribution < 1.29 is 0 Å². The maximum Gasteiger partial charge on any atom is 0.422 e. The maximum atomic E-state index is 5.05. The summed E-state index contributed by atoms with van der Waals surface area (Å²) in [6, 6.07) is 34.6. The van der Waals surface area contributed by atoms with E-state index in [2.05, 4.69) is 106 Å². The molecular weight excluding hydrogens is 353 g/mol. The smallest absolute Gasteiger partial charge is 0.360 e. The molecule has 0 unspecified atom stereocenters. The predicted molar refractivity (Wildman–Crippen MR) is 120 cm³/mol. The molecule has 0 saturated heterocycles. The molecule has 0 spiro atoms. The second-order valence-electron chi connectivity index (χ2n) is 7.66. The molecule has 5 aromatic rings. The van der Waals surface area contributed by atoms with E-state index in [0.717, 1.165) is 11.3 Å². The van der Waals surface area contributed by atoms with E-state index in [1.807, 2.05) is 0 Å². The molecule has 2 aliphatic heterocycles. The number of benzene rings is 4. The lowest BCUT2D eigenvalue weighted by Gasteiger charge is -2.42. The summed E-state index contributed by atoms with van der Waals surface area (Å²) in [6.45, 7) is 0.0402. The van der Waals surface area contributed by atoms with Crippen molar-refractivity contribution in [2.24, 2.45) is 0 Å². The highest BCUT2D eigenvalue weighted by molar-refractivity contribution is 6.80. The molecule has 0 atom stereocenters. The van der Waals surface area contributed by atoms with Gasteiger partial charge >= 0.3 is 6.98 Å². The van der Waals surface area contributed by atoms with Crippen LogP contribution >= 0.6 is 0 Å². The summed E-state index contributed by atoms with van der Waals surface area (Å²) in [6.07, 6.45) is 0. The van der Waals surface area contributed by atoms with Gasteiger partial charge in [0.1, 0.15) is 5.82 Å². The van der Waals surface area contributed by atoms with Crippen molar-refractivity contribution in [2.75, 3.05) is 4.81 Å². The van der Waals surface area contributed by atoms with Crippen molar-refractivity contribution in [2.45, 2.75) is 0 Å². The number of fused-ring (bicyclic) bond motifs is 13. The Morgan fingerprint density at radius 2 is 1.21 bits per heavy atom. The Kier molecular flexibility index (Phi) is 2.82. The lowest BCUT2D eigenvalue weighted by molar-refractivity contribution is 1.13. The number of imidazole rings is 1. The Hall–Kier alpha value is -3.79. The van der Waals surface area contributed by atoms with Gasteiger partial charge in [-0.25, -0.2) is 4.98 Å². The van der Waals surface area contributed by atoms with Crippen LogP contribution in [0.25, 0.3) is 33.5 Å². The number of anilines is 2. The maximum absolute atomic E-state index is 5.05. The number of nitrogens with zero attached hydrogens (tertiary/aromatic N) is 3. The normalized spacial score (nSPS) is 13.4. The van der Waals surface area contributed by atoms with Crippen molar-refractivity contribution >= 4 is 34.9 Å². The molecule has 1 aromatic heterocycles. The second-order valence-corrected chi connectivity index (χ2v) is 7.66. The van der Waals surface area contributed by atoms with Crippen molar-refractivity contribution in [3.63, 3.8) is 0 Å². The molecule has 4 heteroatoms. The van der Waals surface area contributed by atoms with Crippen molar-refractivity contribution in [1.82, 2.24) is 9.46 Å². The van der Waals surface area contributed by atoms with Gasteiger partial charge in [0.15, 0.2) is 0 Å². The molecule has 7 rings (SSSR count). The standard InChI is InChI=1S/C25H16BN3/c1-4-12-20-17(9-1)18-10-2-6-14-22(18)28-23-15-7-3-11-19(23)25-27-21-13-5-8-16-24(21)29(25)26(20)28/h1-16H. The van der Waals surface area contributed by atoms with Crippen LogP contribution in [0.4, 0.5) is 11.4 Å². The van der Waals surface area contributed by atoms with Crippen LogP contribution in [0.1, 0.15) is 0 Å². The molecule has 0 N–H and O–H groups in total. The molecule has 0 radical (unpaired) electrons. The zero-order valence-electron chi connectivity index (χ0n) is 15.7. The van der Waals surface area contributed by atoms with Crippen LogP contribution < -0.4 is 10.3 Å². The Morgan fingerprint density at radius 3 is 2.07 bits per heavy atom. The summed E-state index contributed by atoms with van der Waals surface area (Å²) in [5.41, 5.74) is 9.72. The molecule has 0 fully saturated rings. The zero-order valence-corrected chi connectivity index (χ0v) is 15.7.